The number of nitrogens with one attached hydrogen (secondary N) is 1. The first-order valence-corrected chi connectivity index (χ1v) is 7.22. The lowest BCUT2D eigenvalue weighted by Crippen LogP contribution is -2.33. The molecule has 0 spiro atoms. The number of ether oxygens (including phenoxy) is 2. The van der Waals surface area contributed by atoms with E-state index in [1.165, 1.54) is 5.56 Å². The van der Waals surface area contributed by atoms with Crippen molar-refractivity contribution in [2.24, 2.45) is 0 Å². The molecule has 0 aromatic heterocycles. The highest BCUT2D eigenvalue weighted by atomic mass is 16.7. The molecular weight excluding hydrogens is 266 g/mol. The summed E-state index contributed by atoms with van der Waals surface area (Å²) in [5.41, 5.74) is 3.24. The Bertz CT molecular complexity index is 657. The van der Waals surface area contributed by atoms with Crippen molar-refractivity contribution in [1.82, 2.24) is 5.32 Å². The van der Waals surface area contributed by atoms with Gasteiger partial charge in [0.15, 0.2) is 11.5 Å². The normalized spacial score (nSPS) is 20.9. The van der Waals surface area contributed by atoms with Crippen LogP contribution in [0.15, 0.2) is 42.5 Å². The van der Waals surface area contributed by atoms with Crippen molar-refractivity contribution >= 4 is 0 Å². The summed E-state index contributed by atoms with van der Waals surface area (Å²) >= 11 is 0. The molecule has 0 fully saturated rings. The summed E-state index contributed by atoms with van der Waals surface area (Å²) in [6.45, 7) is 1.12. The Morgan fingerprint density at radius 2 is 1.86 bits per heavy atom. The standard InChI is InChI=1S/C17H17NO3/c19-17(11-4-2-1-3-5-11)16-13-9-15-14(20-10-21-15)8-12(13)6-7-18-16/h1-5,8-9,16-19H,6-7,10H2. The lowest BCUT2D eigenvalue weighted by Gasteiger charge is -2.31. The van der Waals surface area contributed by atoms with Crippen LogP contribution in [0.4, 0.5) is 0 Å². The van der Waals surface area contributed by atoms with Crippen molar-refractivity contribution in [1.29, 1.82) is 0 Å². The van der Waals surface area contributed by atoms with E-state index in [-0.39, 0.29) is 12.8 Å². The minimum absolute atomic E-state index is 0.120. The van der Waals surface area contributed by atoms with E-state index in [2.05, 4.69) is 5.32 Å². The molecule has 21 heavy (non-hydrogen) atoms. The Morgan fingerprint density at radius 1 is 1.10 bits per heavy atom. The summed E-state index contributed by atoms with van der Waals surface area (Å²) in [6, 6.07) is 13.7. The Balaban J connectivity index is 1.73. The van der Waals surface area contributed by atoms with Gasteiger partial charge in [-0.2, -0.15) is 0 Å². The molecule has 2 unspecified atom stereocenters. The quantitative estimate of drug-likeness (QED) is 0.888. The van der Waals surface area contributed by atoms with E-state index in [0.717, 1.165) is 35.6 Å². The predicted molar refractivity (Wildman–Crippen MR) is 78.4 cm³/mol. The number of aliphatic hydroxyl groups is 1. The van der Waals surface area contributed by atoms with Crippen LogP contribution in [-0.2, 0) is 6.42 Å². The van der Waals surface area contributed by atoms with Gasteiger partial charge in [0.1, 0.15) is 0 Å². The van der Waals surface area contributed by atoms with E-state index in [4.69, 9.17) is 9.47 Å². The van der Waals surface area contributed by atoms with E-state index < -0.39 is 6.10 Å². The molecule has 2 aromatic rings. The van der Waals surface area contributed by atoms with Crippen molar-refractivity contribution in [2.45, 2.75) is 18.6 Å². The highest BCUT2D eigenvalue weighted by molar-refractivity contribution is 5.51. The number of fused-ring (bicyclic) bond motifs is 2. The van der Waals surface area contributed by atoms with Crippen molar-refractivity contribution in [3.8, 4) is 11.5 Å². The molecule has 0 saturated heterocycles. The molecule has 2 heterocycles. The van der Waals surface area contributed by atoms with Gasteiger partial charge in [-0.1, -0.05) is 30.3 Å². The molecule has 0 saturated carbocycles. The Kier molecular flexibility index (Phi) is 3.05. The molecule has 0 aliphatic carbocycles. The monoisotopic (exact) mass is 283 g/mol. The Labute approximate surface area is 123 Å². The molecule has 0 amide bonds. The first kappa shape index (κ1) is 12.7. The minimum atomic E-state index is -0.578. The molecule has 4 rings (SSSR count). The second-order valence-corrected chi connectivity index (χ2v) is 5.44. The number of aliphatic hydroxyl groups excluding tert-OH is 1. The van der Waals surface area contributed by atoms with Gasteiger partial charge in [0.05, 0.1) is 12.1 Å². The molecule has 2 aromatic carbocycles. The molecular formula is C17H17NO3. The molecule has 4 heteroatoms. The zero-order chi connectivity index (χ0) is 14.2. The van der Waals surface area contributed by atoms with Gasteiger partial charge < -0.3 is 19.9 Å². The van der Waals surface area contributed by atoms with Crippen LogP contribution in [0.5, 0.6) is 11.5 Å². The summed E-state index contributed by atoms with van der Waals surface area (Å²) in [4.78, 5) is 0. The summed E-state index contributed by atoms with van der Waals surface area (Å²) in [5, 5.41) is 14.1. The van der Waals surface area contributed by atoms with Crippen molar-refractivity contribution in [2.75, 3.05) is 13.3 Å². The van der Waals surface area contributed by atoms with Gasteiger partial charge >= 0.3 is 0 Å². The molecule has 0 radical (unpaired) electrons. The van der Waals surface area contributed by atoms with Gasteiger partial charge in [0.25, 0.3) is 0 Å². The minimum Gasteiger partial charge on any atom is -0.454 e. The number of hydrogen-bond acceptors (Lipinski definition) is 4. The second-order valence-electron chi connectivity index (χ2n) is 5.44. The summed E-state index contributed by atoms with van der Waals surface area (Å²) in [5.74, 6) is 1.58. The lowest BCUT2D eigenvalue weighted by molar-refractivity contribution is 0.125. The zero-order valence-electron chi connectivity index (χ0n) is 11.6. The van der Waals surface area contributed by atoms with Crippen LogP contribution in [0.25, 0.3) is 0 Å². The van der Waals surface area contributed by atoms with E-state index in [0.29, 0.717) is 0 Å². The first-order chi connectivity index (χ1) is 10.3. The van der Waals surface area contributed by atoms with E-state index in [1.807, 2.05) is 42.5 Å². The zero-order valence-corrected chi connectivity index (χ0v) is 11.6. The molecule has 4 nitrogen and oxygen atoms in total. The van der Waals surface area contributed by atoms with Gasteiger partial charge in [-0.3, -0.25) is 0 Å². The van der Waals surface area contributed by atoms with Crippen LogP contribution in [0.1, 0.15) is 28.8 Å². The smallest absolute Gasteiger partial charge is 0.231 e. The highest BCUT2D eigenvalue weighted by Crippen LogP contribution is 2.41. The average molecular weight is 283 g/mol. The highest BCUT2D eigenvalue weighted by Gasteiger charge is 2.30. The SMILES string of the molecule is OC(c1ccccc1)C1NCCc2cc3c(cc21)OCO3. The van der Waals surface area contributed by atoms with Crippen LogP contribution in [0, 0.1) is 0 Å². The van der Waals surface area contributed by atoms with Crippen LogP contribution in [0.2, 0.25) is 0 Å². The predicted octanol–water partition coefficient (Wildman–Crippen LogP) is 2.34. The molecule has 2 atom stereocenters. The van der Waals surface area contributed by atoms with Gasteiger partial charge in [0.2, 0.25) is 6.79 Å². The van der Waals surface area contributed by atoms with Crippen LogP contribution < -0.4 is 14.8 Å². The largest absolute Gasteiger partial charge is 0.454 e. The van der Waals surface area contributed by atoms with Gasteiger partial charge in [-0.15, -0.1) is 0 Å². The van der Waals surface area contributed by atoms with Crippen molar-refractivity contribution < 1.29 is 14.6 Å². The molecule has 2 aliphatic heterocycles. The molecule has 108 valence electrons. The summed E-state index contributed by atoms with van der Waals surface area (Å²) in [6.07, 6.45) is 0.356. The summed E-state index contributed by atoms with van der Waals surface area (Å²) < 4.78 is 10.9. The maximum absolute atomic E-state index is 10.7. The third kappa shape index (κ3) is 2.17. The third-order valence-electron chi connectivity index (χ3n) is 4.18. The van der Waals surface area contributed by atoms with Gasteiger partial charge in [0, 0.05) is 0 Å². The average Bonchev–Trinajstić information content (AvgIpc) is 2.99. The van der Waals surface area contributed by atoms with E-state index in [1.54, 1.807) is 0 Å². The molecule has 2 aliphatic rings. The fourth-order valence-corrected chi connectivity index (χ4v) is 3.10. The van der Waals surface area contributed by atoms with E-state index in [9.17, 15) is 5.11 Å². The van der Waals surface area contributed by atoms with Crippen molar-refractivity contribution in [3.05, 3.63) is 59.2 Å². The first-order valence-electron chi connectivity index (χ1n) is 7.22. The Morgan fingerprint density at radius 3 is 2.67 bits per heavy atom. The second kappa shape index (κ2) is 5.06. The molecule has 2 N–H and O–H groups in total. The summed E-state index contributed by atoms with van der Waals surface area (Å²) in [7, 11) is 0. The van der Waals surface area contributed by atoms with Crippen molar-refractivity contribution in [3.63, 3.8) is 0 Å². The van der Waals surface area contributed by atoms with Crippen LogP contribution >= 0.6 is 0 Å². The Hall–Kier alpha value is -2.04. The van der Waals surface area contributed by atoms with Crippen LogP contribution in [-0.4, -0.2) is 18.4 Å². The number of hydrogen-bond donors (Lipinski definition) is 2. The van der Waals surface area contributed by atoms with Gasteiger partial charge in [-0.05, 0) is 41.8 Å². The number of benzene rings is 2. The van der Waals surface area contributed by atoms with Crippen LogP contribution in [0.3, 0.4) is 0 Å². The van der Waals surface area contributed by atoms with E-state index >= 15 is 0 Å². The topological polar surface area (TPSA) is 50.7 Å². The fourth-order valence-electron chi connectivity index (χ4n) is 3.10. The maximum atomic E-state index is 10.7. The molecule has 0 bridgehead atoms. The lowest BCUT2D eigenvalue weighted by atomic mass is 9.88. The fraction of sp³-hybridized carbons (Fsp3) is 0.294. The van der Waals surface area contributed by atoms with Gasteiger partial charge in [-0.25, -0.2) is 0 Å². The third-order valence-corrected chi connectivity index (χ3v) is 4.18. The maximum Gasteiger partial charge on any atom is 0.231 e. The number of rotatable bonds is 2.